The van der Waals surface area contributed by atoms with Crippen molar-refractivity contribution in [1.29, 1.82) is 0 Å². The van der Waals surface area contributed by atoms with Crippen molar-refractivity contribution in [3.8, 4) is 0 Å². The summed E-state index contributed by atoms with van der Waals surface area (Å²) in [5, 5.41) is 0. The number of carbonyl (C=O) groups is 1. The number of ether oxygens (including phenoxy) is 2. The molecule has 0 aliphatic carbocycles. The zero-order chi connectivity index (χ0) is 12.7. The molecule has 16 heavy (non-hydrogen) atoms. The SMILES string of the molecule is C=C(OC)C(=CC(C(C)=O)=C(C)CC)OC. The second-order valence-corrected chi connectivity index (χ2v) is 3.44. The predicted octanol–water partition coefficient (Wildman–Crippen LogP) is 2.99. The van der Waals surface area contributed by atoms with E-state index in [0.29, 0.717) is 17.1 Å². The standard InChI is InChI=1S/C13H20O3/c1-7-9(2)12(10(3)14)8-13(16-6)11(4)15-5/h8H,4,7H2,1-3,5-6H3. The van der Waals surface area contributed by atoms with Crippen LogP contribution in [-0.4, -0.2) is 20.0 Å². The largest absolute Gasteiger partial charge is 0.493 e. The second kappa shape index (κ2) is 6.88. The summed E-state index contributed by atoms with van der Waals surface area (Å²) in [6.07, 6.45) is 2.49. The van der Waals surface area contributed by atoms with Gasteiger partial charge in [0, 0.05) is 5.57 Å². The third-order valence-corrected chi connectivity index (χ3v) is 2.39. The van der Waals surface area contributed by atoms with E-state index in [1.807, 2.05) is 13.8 Å². The molecule has 0 aromatic carbocycles. The molecule has 0 aliphatic rings. The highest BCUT2D eigenvalue weighted by Crippen LogP contribution is 2.17. The summed E-state index contributed by atoms with van der Waals surface area (Å²) in [5.74, 6) is 0.892. The van der Waals surface area contributed by atoms with Crippen LogP contribution in [-0.2, 0) is 14.3 Å². The lowest BCUT2D eigenvalue weighted by Crippen LogP contribution is -2.01. The lowest BCUT2D eigenvalue weighted by atomic mass is 10.0. The minimum Gasteiger partial charge on any atom is -0.493 e. The lowest BCUT2D eigenvalue weighted by molar-refractivity contribution is -0.113. The molecule has 0 saturated carbocycles. The highest BCUT2D eigenvalue weighted by molar-refractivity contribution is 5.97. The van der Waals surface area contributed by atoms with Gasteiger partial charge in [-0.05, 0) is 26.3 Å². The Morgan fingerprint density at radius 3 is 2.12 bits per heavy atom. The molecule has 90 valence electrons. The van der Waals surface area contributed by atoms with Crippen LogP contribution in [0.5, 0.6) is 0 Å². The average Bonchev–Trinajstić information content (AvgIpc) is 2.28. The van der Waals surface area contributed by atoms with Crippen LogP contribution >= 0.6 is 0 Å². The number of rotatable bonds is 6. The maximum absolute atomic E-state index is 11.5. The first-order valence-electron chi connectivity index (χ1n) is 5.17. The number of methoxy groups -OCH3 is 2. The summed E-state index contributed by atoms with van der Waals surface area (Å²) >= 11 is 0. The summed E-state index contributed by atoms with van der Waals surface area (Å²) in [4.78, 5) is 11.5. The summed E-state index contributed by atoms with van der Waals surface area (Å²) < 4.78 is 10.1. The Hall–Kier alpha value is -1.51. The molecule has 3 nitrogen and oxygen atoms in total. The fourth-order valence-corrected chi connectivity index (χ4v) is 1.20. The first-order valence-corrected chi connectivity index (χ1v) is 5.17. The van der Waals surface area contributed by atoms with Gasteiger partial charge in [0.15, 0.2) is 17.3 Å². The van der Waals surface area contributed by atoms with Crippen LogP contribution in [0.25, 0.3) is 0 Å². The van der Waals surface area contributed by atoms with Crippen molar-refractivity contribution < 1.29 is 14.3 Å². The zero-order valence-electron chi connectivity index (χ0n) is 10.7. The molecular weight excluding hydrogens is 204 g/mol. The van der Waals surface area contributed by atoms with Gasteiger partial charge in [0.1, 0.15) is 0 Å². The van der Waals surface area contributed by atoms with Gasteiger partial charge >= 0.3 is 0 Å². The van der Waals surface area contributed by atoms with Crippen LogP contribution in [0.15, 0.2) is 35.3 Å². The van der Waals surface area contributed by atoms with Gasteiger partial charge in [-0.1, -0.05) is 19.1 Å². The van der Waals surface area contributed by atoms with Gasteiger partial charge in [0.05, 0.1) is 14.2 Å². The van der Waals surface area contributed by atoms with Crippen LogP contribution in [0, 0.1) is 0 Å². The van der Waals surface area contributed by atoms with Crippen molar-refractivity contribution in [2.24, 2.45) is 0 Å². The van der Waals surface area contributed by atoms with E-state index >= 15 is 0 Å². The van der Waals surface area contributed by atoms with E-state index in [-0.39, 0.29) is 5.78 Å². The number of ketones is 1. The molecule has 0 amide bonds. The smallest absolute Gasteiger partial charge is 0.160 e. The molecule has 0 aliphatic heterocycles. The second-order valence-electron chi connectivity index (χ2n) is 3.44. The minimum atomic E-state index is 0.0119. The number of Topliss-reactive ketones (excluding diaryl/α,β-unsaturated/α-hetero) is 1. The molecule has 0 spiro atoms. The van der Waals surface area contributed by atoms with Crippen LogP contribution < -0.4 is 0 Å². The fourth-order valence-electron chi connectivity index (χ4n) is 1.20. The molecule has 0 bridgehead atoms. The monoisotopic (exact) mass is 224 g/mol. The Labute approximate surface area is 97.4 Å². The molecular formula is C13H20O3. The maximum Gasteiger partial charge on any atom is 0.160 e. The first-order chi connectivity index (χ1) is 7.47. The Morgan fingerprint density at radius 1 is 1.25 bits per heavy atom. The first kappa shape index (κ1) is 14.5. The zero-order valence-corrected chi connectivity index (χ0v) is 10.7. The number of allylic oxidation sites excluding steroid dienone is 3. The molecule has 0 saturated heterocycles. The van der Waals surface area contributed by atoms with Crippen LogP contribution in [0.1, 0.15) is 27.2 Å². The molecule has 0 N–H and O–H groups in total. The van der Waals surface area contributed by atoms with E-state index in [2.05, 4.69) is 6.58 Å². The number of hydrogen-bond donors (Lipinski definition) is 0. The Bertz CT molecular complexity index is 335. The predicted molar refractivity (Wildman–Crippen MR) is 64.9 cm³/mol. The van der Waals surface area contributed by atoms with Crippen molar-refractivity contribution >= 4 is 5.78 Å². The summed E-state index contributed by atoms with van der Waals surface area (Å²) in [6.45, 7) is 9.16. The lowest BCUT2D eigenvalue weighted by Gasteiger charge is -2.10. The molecule has 0 atom stereocenters. The Balaban J connectivity index is 5.34. The molecule has 3 heteroatoms. The highest BCUT2D eigenvalue weighted by atomic mass is 16.5. The quantitative estimate of drug-likeness (QED) is 0.395. The Kier molecular flexibility index (Phi) is 6.23. The normalized spacial score (nSPS) is 12.9. The van der Waals surface area contributed by atoms with Crippen molar-refractivity contribution in [3.63, 3.8) is 0 Å². The fraction of sp³-hybridized carbons (Fsp3) is 0.462. The van der Waals surface area contributed by atoms with Gasteiger partial charge in [-0.25, -0.2) is 0 Å². The summed E-state index contributed by atoms with van der Waals surface area (Å²) in [5.41, 5.74) is 1.67. The van der Waals surface area contributed by atoms with Gasteiger partial charge in [0.25, 0.3) is 0 Å². The van der Waals surface area contributed by atoms with Crippen molar-refractivity contribution in [1.82, 2.24) is 0 Å². The summed E-state index contributed by atoms with van der Waals surface area (Å²) in [6, 6.07) is 0. The van der Waals surface area contributed by atoms with E-state index in [4.69, 9.17) is 9.47 Å². The van der Waals surface area contributed by atoms with E-state index in [9.17, 15) is 4.79 Å². The van der Waals surface area contributed by atoms with Gasteiger partial charge in [-0.2, -0.15) is 0 Å². The van der Waals surface area contributed by atoms with Gasteiger partial charge in [-0.15, -0.1) is 0 Å². The minimum absolute atomic E-state index is 0.0119. The third kappa shape index (κ3) is 3.93. The molecule has 0 rings (SSSR count). The third-order valence-electron chi connectivity index (χ3n) is 2.39. The van der Waals surface area contributed by atoms with Crippen molar-refractivity contribution in [2.45, 2.75) is 27.2 Å². The van der Waals surface area contributed by atoms with E-state index in [0.717, 1.165) is 12.0 Å². The molecule has 0 unspecified atom stereocenters. The topological polar surface area (TPSA) is 35.5 Å². The highest BCUT2D eigenvalue weighted by Gasteiger charge is 2.09. The van der Waals surface area contributed by atoms with Crippen LogP contribution in [0.3, 0.4) is 0 Å². The molecule has 0 heterocycles. The molecule has 0 fully saturated rings. The maximum atomic E-state index is 11.5. The van der Waals surface area contributed by atoms with Gasteiger partial charge < -0.3 is 9.47 Å². The van der Waals surface area contributed by atoms with Crippen LogP contribution in [0.4, 0.5) is 0 Å². The number of carbonyl (C=O) groups excluding carboxylic acids is 1. The van der Waals surface area contributed by atoms with Crippen molar-refractivity contribution in [2.75, 3.05) is 14.2 Å². The molecule has 0 aromatic heterocycles. The Morgan fingerprint density at radius 2 is 1.81 bits per heavy atom. The molecule has 0 radical (unpaired) electrons. The van der Waals surface area contributed by atoms with E-state index < -0.39 is 0 Å². The van der Waals surface area contributed by atoms with E-state index in [1.54, 1.807) is 6.08 Å². The average molecular weight is 224 g/mol. The summed E-state index contributed by atoms with van der Waals surface area (Å²) in [7, 11) is 3.04. The van der Waals surface area contributed by atoms with Crippen LogP contribution in [0.2, 0.25) is 0 Å². The van der Waals surface area contributed by atoms with Crippen molar-refractivity contribution in [3.05, 3.63) is 35.3 Å². The number of hydrogen-bond acceptors (Lipinski definition) is 3. The molecule has 0 aromatic rings. The van der Waals surface area contributed by atoms with E-state index in [1.165, 1.54) is 21.1 Å². The van der Waals surface area contributed by atoms with Gasteiger partial charge in [-0.3, -0.25) is 4.79 Å². The van der Waals surface area contributed by atoms with Gasteiger partial charge in [0.2, 0.25) is 0 Å².